The molecule has 6 nitrogen and oxygen atoms in total. The molecule has 27 heavy (non-hydrogen) atoms. The zero-order valence-corrected chi connectivity index (χ0v) is 16.0. The lowest BCUT2D eigenvalue weighted by molar-refractivity contribution is -0.915. The minimum Gasteiger partial charge on any atom is -0.497 e. The Morgan fingerprint density at radius 3 is 2.67 bits per heavy atom. The minimum absolute atomic E-state index is 0.107. The van der Waals surface area contributed by atoms with Gasteiger partial charge in [-0.15, -0.1) is 0 Å². The normalized spacial score (nSPS) is 21.5. The Kier molecular flexibility index (Phi) is 4.85. The second-order valence-corrected chi connectivity index (χ2v) is 7.14. The zero-order valence-electron chi connectivity index (χ0n) is 16.0. The van der Waals surface area contributed by atoms with E-state index < -0.39 is 6.10 Å². The van der Waals surface area contributed by atoms with Crippen LogP contribution in [-0.2, 0) is 6.42 Å². The number of methoxy groups -OCH3 is 2. The summed E-state index contributed by atoms with van der Waals surface area (Å²) in [6, 6.07) is 9.76. The standard InChI is InChI=1S/C21H25NO5/c1-22-9-8-14-10-18-20(27-12-26-18)21(25-3)19(14)16(22)11-17(23)13-4-6-15(24-2)7-5-13/h4-7,10,16-17,23H,8-9,11-12H2,1-3H3/p+1/t16-,17+/m0/s1. The van der Waals surface area contributed by atoms with Crippen LogP contribution in [-0.4, -0.2) is 39.7 Å². The maximum absolute atomic E-state index is 10.9. The molecule has 0 spiro atoms. The molecule has 2 heterocycles. The third kappa shape index (κ3) is 3.19. The topological polar surface area (TPSA) is 61.6 Å². The van der Waals surface area contributed by atoms with E-state index in [9.17, 15) is 5.11 Å². The summed E-state index contributed by atoms with van der Waals surface area (Å²) in [6.07, 6.45) is 0.974. The van der Waals surface area contributed by atoms with Crippen LogP contribution in [0.5, 0.6) is 23.0 Å². The fourth-order valence-electron chi connectivity index (χ4n) is 4.13. The Morgan fingerprint density at radius 1 is 1.19 bits per heavy atom. The van der Waals surface area contributed by atoms with Crippen molar-refractivity contribution in [3.63, 3.8) is 0 Å². The van der Waals surface area contributed by atoms with E-state index in [2.05, 4.69) is 13.1 Å². The van der Waals surface area contributed by atoms with Gasteiger partial charge in [0.25, 0.3) is 0 Å². The minimum atomic E-state index is -0.572. The number of aliphatic hydroxyl groups excluding tert-OH is 1. The largest absolute Gasteiger partial charge is 0.497 e. The first-order valence-corrected chi connectivity index (χ1v) is 9.26. The van der Waals surface area contributed by atoms with Crippen LogP contribution in [0, 0.1) is 0 Å². The number of likely N-dealkylation sites (N-methyl/N-ethyl adjacent to an activating group) is 1. The summed E-state index contributed by atoms with van der Waals surface area (Å²) in [7, 11) is 5.47. The highest BCUT2D eigenvalue weighted by Gasteiger charge is 2.37. The Bertz CT molecular complexity index is 820. The van der Waals surface area contributed by atoms with Crippen molar-refractivity contribution in [3.8, 4) is 23.0 Å². The van der Waals surface area contributed by atoms with Gasteiger partial charge in [0, 0.05) is 12.8 Å². The molecule has 2 N–H and O–H groups in total. The van der Waals surface area contributed by atoms with Crippen molar-refractivity contribution in [2.45, 2.75) is 25.0 Å². The van der Waals surface area contributed by atoms with E-state index in [1.165, 1.54) is 10.5 Å². The lowest BCUT2D eigenvalue weighted by atomic mass is 9.87. The summed E-state index contributed by atoms with van der Waals surface area (Å²) in [5.74, 6) is 2.95. The van der Waals surface area contributed by atoms with Gasteiger partial charge in [0.1, 0.15) is 11.8 Å². The average Bonchev–Trinajstić information content (AvgIpc) is 3.16. The van der Waals surface area contributed by atoms with Crippen LogP contribution in [0.3, 0.4) is 0 Å². The van der Waals surface area contributed by atoms with Gasteiger partial charge in [-0.25, -0.2) is 0 Å². The van der Waals surface area contributed by atoms with Gasteiger partial charge in [0.05, 0.1) is 39.5 Å². The molecule has 0 saturated carbocycles. The first-order chi connectivity index (χ1) is 13.1. The second kappa shape index (κ2) is 7.29. The van der Waals surface area contributed by atoms with Crippen molar-refractivity contribution >= 4 is 0 Å². The Labute approximate surface area is 159 Å². The summed E-state index contributed by atoms with van der Waals surface area (Å²) < 4.78 is 22.2. The molecule has 0 radical (unpaired) electrons. The summed E-state index contributed by atoms with van der Waals surface area (Å²) in [5.41, 5.74) is 3.22. The van der Waals surface area contributed by atoms with E-state index >= 15 is 0 Å². The average molecular weight is 372 g/mol. The van der Waals surface area contributed by atoms with Gasteiger partial charge in [0.2, 0.25) is 12.5 Å². The SMILES string of the molecule is COc1ccc([C@H](O)C[C@H]2c3c(cc4c(c3OC)OCO4)CC[NH+]2C)cc1. The number of hydrogen-bond donors (Lipinski definition) is 2. The van der Waals surface area contributed by atoms with Crippen LogP contribution < -0.4 is 23.8 Å². The van der Waals surface area contributed by atoms with E-state index in [0.717, 1.165) is 41.3 Å². The second-order valence-electron chi connectivity index (χ2n) is 7.14. The smallest absolute Gasteiger partial charge is 0.231 e. The van der Waals surface area contributed by atoms with E-state index in [1.807, 2.05) is 24.3 Å². The van der Waals surface area contributed by atoms with Crippen molar-refractivity contribution in [1.82, 2.24) is 0 Å². The maximum Gasteiger partial charge on any atom is 0.231 e. The van der Waals surface area contributed by atoms with Crippen LogP contribution in [0.2, 0.25) is 0 Å². The highest BCUT2D eigenvalue weighted by Crippen LogP contribution is 2.48. The lowest BCUT2D eigenvalue weighted by Crippen LogP contribution is -3.10. The molecule has 6 heteroatoms. The van der Waals surface area contributed by atoms with Gasteiger partial charge < -0.3 is 29.0 Å². The van der Waals surface area contributed by atoms with Gasteiger partial charge in [-0.3, -0.25) is 0 Å². The van der Waals surface area contributed by atoms with Crippen molar-refractivity contribution in [2.75, 3.05) is 34.6 Å². The first-order valence-electron chi connectivity index (χ1n) is 9.26. The molecule has 0 fully saturated rings. The molecule has 0 amide bonds. The van der Waals surface area contributed by atoms with E-state index in [1.54, 1.807) is 14.2 Å². The number of benzene rings is 2. The predicted octanol–water partition coefficient (Wildman–Crippen LogP) is 1.67. The summed E-state index contributed by atoms with van der Waals surface area (Å²) >= 11 is 0. The summed E-state index contributed by atoms with van der Waals surface area (Å²) in [6.45, 7) is 1.21. The predicted molar refractivity (Wildman–Crippen MR) is 99.9 cm³/mol. The first kappa shape index (κ1) is 17.9. The van der Waals surface area contributed by atoms with Gasteiger partial charge in [-0.2, -0.15) is 0 Å². The molecule has 2 aromatic carbocycles. The fourth-order valence-corrected chi connectivity index (χ4v) is 4.13. The van der Waals surface area contributed by atoms with Gasteiger partial charge in [0.15, 0.2) is 11.5 Å². The van der Waals surface area contributed by atoms with Crippen LogP contribution in [0.25, 0.3) is 0 Å². The third-order valence-corrected chi connectivity index (χ3v) is 5.64. The number of nitrogens with one attached hydrogen (secondary N) is 1. The summed E-state index contributed by atoms with van der Waals surface area (Å²) in [5, 5.41) is 10.9. The molecule has 2 aliphatic heterocycles. The molecule has 0 aromatic heterocycles. The van der Waals surface area contributed by atoms with Crippen molar-refractivity contribution in [2.24, 2.45) is 0 Å². The lowest BCUT2D eigenvalue weighted by Gasteiger charge is -2.34. The Balaban J connectivity index is 1.67. The van der Waals surface area contributed by atoms with E-state index in [-0.39, 0.29) is 12.8 Å². The number of aliphatic hydroxyl groups is 1. The van der Waals surface area contributed by atoms with Crippen molar-refractivity contribution in [1.29, 1.82) is 0 Å². The maximum atomic E-state index is 10.9. The van der Waals surface area contributed by atoms with Crippen LogP contribution in [0.4, 0.5) is 0 Å². The molecule has 144 valence electrons. The Hall–Kier alpha value is -2.44. The molecular weight excluding hydrogens is 346 g/mol. The number of fused-ring (bicyclic) bond motifs is 2. The van der Waals surface area contributed by atoms with Gasteiger partial charge in [-0.05, 0) is 29.3 Å². The number of ether oxygens (including phenoxy) is 4. The molecule has 2 aliphatic rings. The highest BCUT2D eigenvalue weighted by molar-refractivity contribution is 5.61. The number of hydrogen-bond acceptors (Lipinski definition) is 5. The molecule has 0 saturated heterocycles. The number of rotatable bonds is 5. The van der Waals surface area contributed by atoms with Gasteiger partial charge >= 0.3 is 0 Å². The molecule has 2 aromatic rings. The molecule has 3 atom stereocenters. The van der Waals surface area contributed by atoms with Crippen molar-refractivity contribution < 1.29 is 29.0 Å². The molecule has 0 bridgehead atoms. The monoisotopic (exact) mass is 372 g/mol. The van der Waals surface area contributed by atoms with Crippen LogP contribution in [0.1, 0.15) is 35.3 Å². The van der Waals surface area contributed by atoms with Gasteiger partial charge in [-0.1, -0.05) is 12.1 Å². The quantitative estimate of drug-likeness (QED) is 0.836. The molecule has 4 rings (SSSR count). The third-order valence-electron chi connectivity index (χ3n) is 5.64. The Morgan fingerprint density at radius 2 is 1.96 bits per heavy atom. The highest BCUT2D eigenvalue weighted by atomic mass is 16.7. The van der Waals surface area contributed by atoms with E-state index in [4.69, 9.17) is 18.9 Å². The number of quaternary nitrogens is 1. The van der Waals surface area contributed by atoms with Crippen LogP contribution in [0.15, 0.2) is 30.3 Å². The molecule has 1 unspecified atom stereocenters. The van der Waals surface area contributed by atoms with Crippen LogP contribution >= 0.6 is 0 Å². The van der Waals surface area contributed by atoms with Crippen molar-refractivity contribution in [3.05, 3.63) is 47.0 Å². The molecular formula is C21H26NO5+. The van der Waals surface area contributed by atoms with E-state index in [0.29, 0.717) is 12.2 Å². The summed E-state index contributed by atoms with van der Waals surface area (Å²) in [4.78, 5) is 1.35. The zero-order chi connectivity index (χ0) is 19.0. The molecule has 0 aliphatic carbocycles. The fraction of sp³-hybridized carbons (Fsp3) is 0.429.